The van der Waals surface area contributed by atoms with Crippen molar-refractivity contribution in [2.45, 2.75) is 24.3 Å². The van der Waals surface area contributed by atoms with Gasteiger partial charge in [0, 0.05) is 11.4 Å². The van der Waals surface area contributed by atoms with Crippen LogP contribution in [0.25, 0.3) is 0 Å². The lowest BCUT2D eigenvalue weighted by molar-refractivity contribution is -0.163. The molecule has 0 aliphatic heterocycles. The topological polar surface area (TPSA) is 109 Å². The standard InChI is InChI=1S/C26H26F5N5OS/c1-15(23(37)20-14-34-24(32)22(20)25(33)35-17-5-3-2-4-6-17)21(28)12-9-18(13-27)36-38-19-10-7-16(8-11-19)26(29,30)31/h2-7,9-10,12,14,16,19,34,36H,1,8,11,13,32H2,(H2,33,35)/b18-9+,21-12+. The van der Waals surface area contributed by atoms with E-state index in [-0.39, 0.29) is 46.6 Å². The van der Waals surface area contributed by atoms with Gasteiger partial charge in [-0.05, 0) is 49.1 Å². The minimum Gasteiger partial charge on any atom is -0.385 e. The first kappa shape index (κ1) is 28.8. The summed E-state index contributed by atoms with van der Waals surface area (Å²) in [5, 5.41) is -0.311. The molecule has 0 spiro atoms. The smallest absolute Gasteiger partial charge is 0.385 e. The maximum absolute atomic E-state index is 14.8. The zero-order valence-corrected chi connectivity index (χ0v) is 20.9. The summed E-state index contributed by atoms with van der Waals surface area (Å²) >= 11 is 1.02. The molecule has 1 aromatic carbocycles. The van der Waals surface area contributed by atoms with Crippen molar-refractivity contribution in [1.29, 1.82) is 0 Å². The Morgan fingerprint density at radius 2 is 1.92 bits per heavy atom. The van der Waals surface area contributed by atoms with Crippen LogP contribution in [0, 0.1) is 5.92 Å². The lowest BCUT2D eigenvalue weighted by Gasteiger charge is -2.24. The number of hydrogen-bond donors (Lipinski definition) is 4. The van der Waals surface area contributed by atoms with Crippen LogP contribution in [-0.2, 0) is 0 Å². The maximum atomic E-state index is 14.8. The number of para-hydroxylation sites is 1. The fourth-order valence-corrected chi connectivity index (χ4v) is 4.41. The Kier molecular flexibility index (Phi) is 9.56. The zero-order chi connectivity index (χ0) is 27.9. The molecule has 202 valence electrons. The first-order valence-electron chi connectivity index (χ1n) is 11.4. The van der Waals surface area contributed by atoms with Crippen molar-refractivity contribution in [3.8, 4) is 0 Å². The summed E-state index contributed by atoms with van der Waals surface area (Å²) in [6, 6.07) is 8.70. The average Bonchev–Trinajstić information content (AvgIpc) is 3.29. The second-order valence-corrected chi connectivity index (χ2v) is 9.39. The molecule has 0 saturated carbocycles. The predicted molar refractivity (Wildman–Crippen MR) is 141 cm³/mol. The molecule has 1 aliphatic rings. The van der Waals surface area contributed by atoms with E-state index < -0.39 is 36.0 Å². The number of nitrogens with zero attached hydrogens (tertiary/aromatic N) is 1. The van der Waals surface area contributed by atoms with Crippen molar-refractivity contribution in [3.63, 3.8) is 0 Å². The number of carbonyl (C=O) groups is 1. The van der Waals surface area contributed by atoms with Gasteiger partial charge in [0.1, 0.15) is 24.2 Å². The largest absolute Gasteiger partial charge is 0.395 e. The number of nitrogens with two attached hydrogens (primary N) is 2. The Morgan fingerprint density at radius 1 is 1.21 bits per heavy atom. The zero-order valence-electron chi connectivity index (χ0n) is 20.1. The molecule has 38 heavy (non-hydrogen) atoms. The van der Waals surface area contributed by atoms with Gasteiger partial charge in [0.2, 0.25) is 0 Å². The maximum Gasteiger partial charge on any atom is 0.395 e. The van der Waals surface area contributed by atoms with Crippen LogP contribution in [0.15, 0.2) is 89.5 Å². The number of nitrogens with one attached hydrogen (secondary N) is 2. The summed E-state index contributed by atoms with van der Waals surface area (Å²) < 4.78 is 69.2. The number of allylic oxidation sites excluding steroid dienone is 6. The van der Waals surface area contributed by atoms with Crippen molar-refractivity contribution in [3.05, 3.63) is 95.6 Å². The highest BCUT2D eigenvalue weighted by Crippen LogP contribution is 2.36. The highest BCUT2D eigenvalue weighted by molar-refractivity contribution is 7.98. The molecule has 2 aromatic rings. The molecule has 12 heteroatoms. The fourth-order valence-electron chi connectivity index (χ4n) is 3.56. The minimum absolute atomic E-state index is 0.0393. The van der Waals surface area contributed by atoms with Gasteiger partial charge < -0.3 is 21.2 Å². The summed E-state index contributed by atoms with van der Waals surface area (Å²) in [6.45, 7) is 2.50. The highest BCUT2D eigenvalue weighted by atomic mass is 32.2. The summed E-state index contributed by atoms with van der Waals surface area (Å²) in [6.07, 6.45) is 1.61. The molecule has 2 atom stereocenters. The Hall–Kier alpha value is -3.80. The van der Waals surface area contributed by atoms with Gasteiger partial charge >= 0.3 is 6.18 Å². The van der Waals surface area contributed by atoms with Crippen LogP contribution >= 0.6 is 11.9 Å². The molecule has 6 nitrogen and oxygen atoms in total. The number of halogens is 5. The summed E-state index contributed by atoms with van der Waals surface area (Å²) in [5.74, 6) is -3.33. The molecule has 1 heterocycles. The van der Waals surface area contributed by atoms with Gasteiger partial charge in [-0.25, -0.2) is 13.8 Å². The summed E-state index contributed by atoms with van der Waals surface area (Å²) in [4.78, 5) is 19.9. The molecule has 0 saturated heterocycles. The van der Waals surface area contributed by atoms with Crippen LogP contribution in [-0.4, -0.2) is 34.7 Å². The van der Waals surface area contributed by atoms with Crippen molar-refractivity contribution < 1.29 is 26.7 Å². The van der Waals surface area contributed by atoms with E-state index in [1.54, 1.807) is 30.3 Å². The fraction of sp³-hybridized carbons (Fsp3) is 0.231. The van der Waals surface area contributed by atoms with E-state index in [0.29, 0.717) is 5.69 Å². The number of aliphatic imine (C=N–C) groups is 1. The number of aromatic nitrogens is 1. The first-order chi connectivity index (χ1) is 18.0. The van der Waals surface area contributed by atoms with E-state index in [1.807, 2.05) is 0 Å². The van der Waals surface area contributed by atoms with Crippen LogP contribution < -0.4 is 16.2 Å². The summed E-state index contributed by atoms with van der Waals surface area (Å²) in [7, 11) is 0. The van der Waals surface area contributed by atoms with Gasteiger partial charge in [0.05, 0.1) is 34.0 Å². The number of ketones is 1. The quantitative estimate of drug-likeness (QED) is 0.0410. The Bertz CT molecular complexity index is 1280. The molecule has 0 amide bonds. The molecule has 3 rings (SSSR count). The number of hydrogen-bond acceptors (Lipinski definition) is 5. The number of carbonyl (C=O) groups excluding carboxylic acids is 1. The van der Waals surface area contributed by atoms with E-state index in [1.165, 1.54) is 12.3 Å². The third-order valence-electron chi connectivity index (χ3n) is 5.64. The lowest BCUT2D eigenvalue weighted by Crippen LogP contribution is -2.25. The lowest BCUT2D eigenvalue weighted by atomic mass is 9.95. The Morgan fingerprint density at radius 3 is 2.53 bits per heavy atom. The second-order valence-electron chi connectivity index (χ2n) is 8.34. The van der Waals surface area contributed by atoms with Gasteiger partial charge in [-0.15, -0.1) is 0 Å². The Labute approximate surface area is 220 Å². The predicted octanol–water partition coefficient (Wildman–Crippen LogP) is 6.21. The first-order valence-corrected chi connectivity index (χ1v) is 12.3. The Balaban J connectivity index is 1.68. The summed E-state index contributed by atoms with van der Waals surface area (Å²) in [5.41, 5.74) is 12.0. The highest BCUT2D eigenvalue weighted by Gasteiger charge is 2.39. The van der Waals surface area contributed by atoms with Gasteiger partial charge in [-0.3, -0.25) is 4.79 Å². The van der Waals surface area contributed by atoms with Crippen LogP contribution in [0.2, 0.25) is 0 Å². The number of anilines is 1. The molecular weight excluding hydrogens is 525 g/mol. The molecule has 6 N–H and O–H groups in total. The van der Waals surface area contributed by atoms with E-state index in [4.69, 9.17) is 11.5 Å². The molecule has 0 radical (unpaired) electrons. The number of alkyl halides is 4. The number of nitrogen functional groups attached to an aromatic ring is 1. The van der Waals surface area contributed by atoms with Crippen LogP contribution in [0.5, 0.6) is 0 Å². The molecule has 0 bridgehead atoms. The average molecular weight is 552 g/mol. The number of amidine groups is 1. The normalized spacial score (nSPS) is 18.9. The van der Waals surface area contributed by atoms with Crippen molar-refractivity contribution in [2.24, 2.45) is 16.6 Å². The number of Topliss-reactive ketones (excluding diaryl/α,β-unsaturated/α-hetero) is 1. The van der Waals surface area contributed by atoms with Crippen molar-refractivity contribution in [1.82, 2.24) is 9.71 Å². The van der Waals surface area contributed by atoms with Gasteiger partial charge in [-0.1, -0.05) is 36.9 Å². The third-order valence-corrected chi connectivity index (χ3v) is 6.71. The van der Waals surface area contributed by atoms with Gasteiger partial charge in [0.15, 0.2) is 5.78 Å². The molecule has 1 aromatic heterocycles. The molecule has 2 unspecified atom stereocenters. The van der Waals surface area contributed by atoms with Crippen molar-refractivity contribution in [2.75, 3.05) is 12.4 Å². The van der Waals surface area contributed by atoms with E-state index >= 15 is 0 Å². The monoisotopic (exact) mass is 551 g/mol. The van der Waals surface area contributed by atoms with E-state index in [9.17, 15) is 26.7 Å². The van der Waals surface area contributed by atoms with E-state index in [0.717, 1.165) is 30.2 Å². The second kappa shape index (κ2) is 12.6. The number of benzene rings is 1. The van der Waals surface area contributed by atoms with Crippen molar-refractivity contribution >= 4 is 35.1 Å². The van der Waals surface area contributed by atoms with Gasteiger partial charge in [-0.2, -0.15) is 13.2 Å². The van der Waals surface area contributed by atoms with Crippen LogP contribution in [0.3, 0.4) is 0 Å². The minimum atomic E-state index is -4.29. The number of rotatable bonds is 10. The molecule has 0 fully saturated rings. The number of H-pyrrole nitrogens is 1. The number of aromatic amines is 1. The van der Waals surface area contributed by atoms with Gasteiger partial charge in [0.25, 0.3) is 0 Å². The van der Waals surface area contributed by atoms with E-state index in [2.05, 4.69) is 21.3 Å². The molecular formula is C26H26F5N5OS. The van der Waals surface area contributed by atoms with Crippen LogP contribution in [0.1, 0.15) is 28.8 Å². The third kappa shape index (κ3) is 7.37. The SMILES string of the molecule is C=C(C(=O)c1c[nH]c(N)c1C(N)=Nc1ccccc1)/C(F)=C\C=C(/CF)NSC1C=CC(C(F)(F)F)CC1. The molecule has 1 aliphatic carbocycles. The van der Waals surface area contributed by atoms with Crippen LogP contribution in [0.4, 0.5) is 33.5 Å².